The fraction of sp³-hybridized carbons (Fsp3) is 0.360. The van der Waals surface area contributed by atoms with Gasteiger partial charge >= 0.3 is 12.2 Å². The van der Waals surface area contributed by atoms with E-state index in [0.717, 1.165) is 5.56 Å². The number of rotatable bonds is 3. The van der Waals surface area contributed by atoms with Crippen molar-refractivity contribution in [2.24, 2.45) is 0 Å². The highest BCUT2D eigenvalue weighted by Crippen LogP contribution is 2.45. The number of anilines is 2. The summed E-state index contributed by atoms with van der Waals surface area (Å²) in [5.74, 6) is 0.253. The molecule has 4 aromatic rings. The number of pyridine rings is 1. The Labute approximate surface area is 214 Å². The van der Waals surface area contributed by atoms with E-state index in [9.17, 15) is 18.4 Å². The van der Waals surface area contributed by atoms with Crippen LogP contribution in [0.3, 0.4) is 0 Å². The molecule has 4 heterocycles. The molecule has 1 aliphatic rings. The van der Waals surface area contributed by atoms with Gasteiger partial charge in [0.15, 0.2) is 11.5 Å². The number of nitrogen functional groups attached to an aromatic ring is 1. The van der Waals surface area contributed by atoms with E-state index in [-0.39, 0.29) is 50.6 Å². The second kappa shape index (κ2) is 9.32. The van der Waals surface area contributed by atoms with Crippen LogP contribution in [-0.2, 0) is 10.9 Å². The Kier molecular flexibility index (Phi) is 6.29. The van der Waals surface area contributed by atoms with Crippen molar-refractivity contribution in [2.45, 2.75) is 32.5 Å². The second-order valence-electron chi connectivity index (χ2n) is 8.81. The average molecular weight is 529 g/mol. The lowest BCUT2D eigenvalue weighted by molar-refractivity contribution is -0.140. The fourth-order valence-corrected chi connectivity index (χ4v) is 5.65. The van der Waals surface area contributed by atoms with Gasteiger partial charge < -0.3 is 20.1 Å². The van der Waals surface area contributed by atoms with Crippen molar-refractivity contribution in [3.05, 3.63) is 35.0 Å². The van der Waals surface area contributed by atoms with Crippen LogP contribution in [0.2, 0.25) is 0 Å². The van der Waals surface area contributed by atoms with Crippen molar-refractivity contribution in [2.75, 3.05) is 37.5 Å². The van der Waals surface area contributed by atoms with Crippen molar-refractivity contribution in [3.63, 3.8) is 0 Å². The molecule has 192 valence electrons. The number of nitriles is 1. The maximum atomic E-state index is 14.5. The zero-order chi connectivity index (χ0) is 26.5. The Bertz CT molecular complexity index is 1560. The number of fused-ring (bicyclic) bond motifs is 2. The van der Waals surface area contributed by atoms with Gasteiger partial charge in [0.05, 0.1) is 24.8 Å². The normalized spacial score (nSPS) is 16.7. The summed E-state index contributed by atoms with van der Waals surface area (Å²) < 4.78 is 55.1. The van der Waals surface area contributed by atoms with Crippen molar-refractivity contribution >= 4 is 43.3 Å². The first-order valence-corrected chi connectivity index (χ1v) is 12.4. The molecule has 2 N–H and O–H groups in total. The molecule has 3 aromatic heterocycles. The predicted octanol–water partition coefficient (Wildman–Crippen LogP) is 5.31. The third-order valence-corrected chi connectivity index (χ3v) is 7.66. The zero-order valence-corrected chi connectivity index (χ0v) is 21.1. The highest BCUT2D eigenvalue weighted by molar-refractivity contribution is 7.23. The Balaban J connectivity index is 1.86. The molecule has 1 aromatic carbocycles. The van der Waals surface area contributed by atoms with E-state index in [2.05, 4.69) is 21.0 Å². The van der Waals surface area contributed by atoms with Crippen LogP contribution in [0.25, 0.3) is 32.2 Å². The van der Waals surface area contributed by atoms with Crippen LogP contribution in [0.15, 0.2) is 18.2 Å². The van der Waals surface area contributed by atoms with E-state index in [0.29, 0.717) is 36.3 Å². The molecule has 1 fully saturated rings. The summed E-state index contributed by atoms with van der Waals surface area (Å²) in [4.78, 5) is 14.8. The van der Waals surface area contributed by atoms with Gasteiger partial charge in [0.25, 0.3) is 0 Å². The highest BCUT2D eigenvalue weighted by atomic mass is 32.1. The molecule has 37 heavy (non-hydrogen) atoms. The lowest BCUT2D eigenvalue weighted by Gasteiger charge is -2.28. The minimum absolute atomic E-state index is 0.0129. The molecular weight excluding hydrogens is 505 g/mol. The van der Waals surface area contributed by atoms with Crippen molar-refractivity contribution in [1.29, 1.82) is 5.26 Å². The Morgan fingerprint density at radius 1 is 1.22 bits per heavy atom. The van der Waals surface area contributed by atoms with E-state index in [4.69, 9.17) is 15.2 Å². The Hall–Kier alpha value is -3.69. The van der Waals surface area contributed by atoms with E-state index < -0.39 is 11.9 Å². The zero-order valence-electron chi connectivity index (χ0n) is 20.3. The molecule has 8 nitrogen and oxygen atoms in total. The number of benzene rings is 1. The molecule has 0 bridgehead atoms. The number of nitrogens with two attached hydrogens (primary N) is 1. The number of thiophene rings is 1. The predicted molar refractivity (Wildman–Crippen MR) is 136 cm³/mol. The number of halogens is 3. The Morgan fingerprint density at radius 3 is 2.70 bits per heavy atom. The molecule has 0 saturated carbocycles. The summed E-state index contributed by atoms with van der Waals surface area (Å²) in [6.45, 7) is 5.15. The van der Waals surface area contributed by atoms with Crippen LogP contribution in [0, 0.1) is 18.3 Å². The summed E-state index contributed by atoms with van der Waals surface area (Å²) >= 11 is 1.17. The van der Waals surface area contributed by atoms with Crippen molar-refractivity contribution in [3.8, 4) is 23.2 Å². The third kappa shape index (κ3) is 4.28. The van der Waals surface area contributed by atoms with Crippen molar-refractivity contribution in [1.82, 2.24) is 15.0 Å². The quantitative estimate of drug-likeness (QED) is 0.381. The maximum absolute atomic E-state index is 14.5. The van der Waals surface area contributed by atoms with Gasteiger partial charge in [0.2, 0.25) is 0 Å². The van der Waals surface area contributed by atoms with Crippen LogP contribution in [-0.4, -0.2) is 47.9 Å². The molecule has 1 unspecified atom stereocenters. The summed E-state index contributed by atoms with van der Waals surface area (Å²) in [7, 11) is 1.40. The third-order valence-electron chi connectivity index (χ3n) is 6.51. The lowest BCUT2D eigenvalue weighted by Crippen LogP contribution is -2.35. The number of nitrogens with zero attached hydrogens (tertiary/aromatic N) is 5. The maximum Gasteiger partial charge on any atom is 0.433 e. The molecular formula is C25H23F3N6O2S. The van der Waals surface area contributed by atoms with E-state index in [1.807, 2.05) is 18.7 Å². The summed E-state index contributed by atoms with van der Waals surface area (Å²) in [5, 5.41) is 10.4. The van der Waals surface area contributed by atoms with E-state index in [1.165, 1.54) is 24.5 Å². The van der Waals surface area contributed by atoms with E-state index in [1.54, 1.807) is 12.1 Å². The minimum Gasteiger partial charge on any atom is -0.467 e. The summed E-state index contributed by atoms with van der Waals surface area (Å²) in [6, 6.07) is 6.64. The number of alkyl halides is 3. The smallest absolute Gasteiger partial charge is 0.433 e. The van der Waals surface area contributed by atoms with Gasteiger partial charge in [-0.25, -0.2) is 4.98 Å². The van der Waals surface area contributed by atoms with Gasteiger partial charge in [-0.05, 0) is 37.5 Å². The highest BCUT2D eigenvalue weighted by Gasteiger charge is 2.38. The van der Waals surface area contributed by atoms with Gasteiger partial charge in [-0.1, -0.05) is 12.1 Å². The van der Waals surface area contributed by atoms with Crippen LogP contribution in [0.5, 0.6) is 6.01 Å². The molecule has 0 spiro atoms. The first kappa shape index (κ1) is 25.0. The topological polar surface area (TPSA) is 110 Å². The summed E-state index contributed by atoms with van der Waals surface area (Å²) in [6.07, 6.45) is -4.12. The van der Waals surface area contributed by atoms with Gasteiger partial charge in [0, 0.05) is 34.8 Å². The molecule has 1 atom stereocenters. The lowest BCUT2D eigenvalue weighted by atomic mass is 9.95. The average Bonchev–Trinajstić information content (AvgIpc) is 3.06. The first-order chi connectivity index (χ1) is 17.6. The second-order valence-corrected chi connectivity index (χ2v) is 9.87. The van der Waals surface area contributed by atoms with Gasteiger partial charge in [-0.2, -0.15) is 28.4 Å². The number of aromatic nitrogens is 3. The van der Waals surface area contributed by atoms with Crippen LogP contribution in [0.1, 0.15) is 30.2 Å². The van der Waals surface area contributed by atoms with E-state index >= 15 is 0 Å². The SMILES string of the molecule is COc1nc(N2CCOCCC2C)c2nc(C(F)(F)F)c(-c3ccc(C)c4sc(N)c(C#N)c34)cc2n1. The molecule has 5 rings (SSSR count). The van der Waals surface area contributed by atoms with Gasteiger partial charge in [-0.3, -0.25) is 0 Å². The molecule has 1 aliphatic heterocycles. The molecule has 12 heteroatoms. The number of hydrogen-bond acceptors (Lipinski definition) is 9. The minimum atomic E-state index is -4.79. The largest absolute Gasteiger partial charge is 0.467 e. The monoisotopic (exact) mass is 528 g/mol. The first-order valence-electron chi connectivity index (χ1n) is 11.5. The Morgan fingerprint density at radius 2 is 2.00 bits per heavy atom. The van der Waals surface area contributed by atoms with Crippen molar-refractivity contribution < 1.29 is 22.6 Å². The molecule has 0 amide bonds. The molecule has 0 radical (unpaired) electrons. The number of ether oxygens (including phenoxy) is 2. The molecule has 1 saturated heterocycles. The van der Waals surface area contributed by atoms with Gasteiger partial charge in [0.1, 0.15) is 16.6 Å². The number of aryl methyl sites for hydroxylation is 1. The van der Waals surface area contributed by atoms with Gasteiger partial charge in [-0.15, -0.1) is 11.3 Å². The van der Waals surface area contributed by atoms with Crippen LogP contribution in [0.4, 0.5) is 24.0 Å². The standard InChI is InChI=1S/C25H23F3N6O2S/c1-12-4-5-14(18-16(11-29)22(30)37-20(12)18)15-10-17-19(32-21(15)25(26,27)28)23(33-24(31-17)35-3)34-7-9-36-8-6-13(34)2/h4-5,10,13H,6-9,30H2,1-3H3. The summed E-state index contributed by atoms with van der Waals surface area (Å²) in [5.41, 5.74) is 6.15. The number of methoxy groups -OCH3 is 1. The number of hydrogen-bond donors (Lipinski definition) is 1. The van der Waals surface area contributed by atoms with Crippen LogP contribution < -0.4 is 15.4 Å². The molecule has 0 aliphatic carbocycles. The van der Waals surface area contributed by atoms with Crippen LogP contribution >= 0.6 is 11.3 Å². The fourth-order valence-electron chi connectivity index (χ4n) is 4.63.